The number of ether oxygens (including phenoxy) is 1. The monoisotopic (exact) mass is 255 g/mol. The lowest BCUT2D eigenvalue weighted by atomic mass is 9.61. The zero-order valence-corrected chi connectivity index (χ0v) is 11.4. The van der Waals surface area contributed by atoms with Crippen LogP contribution in [0.25, 0.3) is 0 Å². The van der Waals surface area contributed by atoms with Gasteiger partial charge in [0.2, 0.25) is 0 Å². The Kier molecular flexibility index (Phi) is 2.65. The normalized spacial score (nSPS) is 34.1. The molecule has 2 aliphatic heterocycles. The number of fused-ring (bicyclic) bond motifs is 1. The van der Waals surface area contributed by atoms with E-state index < -0.39 is 23.2 Å². The summed E-state index contributed by atoms with van der Waals surface area (Å²) in [6.45, 7) is 7.91. The molecule has 1 aliphatic carbocycles. The molecule has 102 valence electrons. The molecule has 0 aromatic heterocycles. The first-order chi connectivity index (χ1) is 8.14. The van der Waals surface area contributed by atoms with E-state index in [4.69, 9.17) is 4.74 Å². The second-order valence-corrected chi connectivity index (χ2v) is 6.61. The van der Waals surface area contributed by atoms with Gasteiger partial charge in [0.05, 0.1) is 0 Å². The van der Waals surface area contributed by atoms with E-state index in [2.05, 4.69) is 0 Å². The van der Waals surface area contributed by atoms with Gasteiger partial charge in [0.25, 0.3) is 0 Å². The highest BCUT2D eigenvalue weighted by Gasteiger charge is 2.70. The number of hydrogen-bond acceptors (Lipinski definition) is 3. The number of carbonyl (C=O) groups excluding carboxylic acids is 1. The summed E-state index contributed by atoms with van der Waals surface area (Å²) in [6, 6.07) is 0. The summed E-state index contributed by atoms with van der Waals surface area (Å²) in [7, 11) is 0. The van der Waals surface area contributed by atoms with Crippen molar-refractivity contribution in [1.82, 2.24) is 4.90 Å². The molecule has 5 heteroatoms. The predicted octanol–water partition coefficient (Wildman–Crippen LogP) is 2.25. The largest absolute Gasteiger partial charge is 0.479 e. The van der Waals surface area contributed by atoms with Gasteiger partial charge in [0, 0.05) is 6.54 Å². The van der Waals surface area contributed by atoms with Crippen molar-refractivity contribution in [2.75, 3.05) is 6.54 Å². The molecule has 1 N–H and O–H groups in total. The quantitative estimate of drug-likeness (QED) is 0.821. The van der Waals surface area contributed by atoms with Gasteiger partial charge in [-0.25, -0.2) is 9.59 Å². The minimum Gasteiger partial charge on any atom is -0.479 e. The molecular formula is C13H21NO4. The van der Waals surface area contributed by atoms with Crippen LogP contribution in [0.3, 0.4) is 0 Å². The van der Waals surface area contributed by atoms with E-state index in [1.165, 1.54) is 4.90 Å². The fraction of sp³-hybridized carbons (Fsp3) is 0.846. The smallest absolute Gasteiger partial charge is 0.411 e. The minimum atomic E-state index is -1.02. The van der Waals surface area contributed by atoms with Gasteiger partial charge in [-0.05, 0) is 45.4 Å². The SMILES string of the molecule is CCC12CN(C(=O)OC(C)(C)C)C(C(=O)O)(C1)C2. The lowest BCUT2D eigenvalue weighted by Gasteiger charge is -2.44. The van der Waals surface area contributed by atoms with Gasteiger partial charge in [-0.1, -0.05) is 6.92 Å². The summed E-state index contributed by atoms with van der Waals surface area (Å²) in [6.07, 6.45) is 1.52. The van der Waals surface area contributed by atoms with Crippen molar-refractivity contribution >= 4 is 12.1 Å². The van der Waals surface area contributed by atoms with Crippen molar-refractivity contribution in [1.29, 1.82) is 0 Å². The van der Waals surface area contributed by atoms with Crippen LogP contribution in [0.2, 0.25) is 0 Å². The van der Waals surface area contributed by atoms with Gasteiger partial charge >= 0.3 is 12.1 Å². The average Bonchev–Trinajstić information content (AvgIpc) is 2.64. The van der Waals surface area contributed by atoms with E-state index in [-0.39, 0.29) is 5.41 Å². The molecule has 0 aromatic rings. The maximum atomic E-state index is 12.1. The van der Waals surface area contributed by atoms with E-state index in [1.807, 2.05) is 6.92 Å². The van der Waals surface area contributed by atoms with Gasteiger partial charge in [-0.15, -0.1) is 0 Å². The Hall–Kier alpha value is -1.26. The molecule has 2 saturated heterocycles. The molecule has 3 aliphatic rings. The first-order valence-corrected chi connectivity index (χ1v) is 6.38. The Bertz CT molecular complexity index is 390. The molecule has 3 fully saturated rings. The molecule has 0 atom stereocenters. The first kappa shape index (κ1) is 13.2. The molecule has 0 unspecified atom stereocenters. The third-order valence-electron chi connectivity index (χ3n) is 4.11. The second-order valence-electron chi connectivity index (χ2n) is 6.61. The molecule has 1 saturated carbocycles. The molecular weight excluding hydrogens is 234 g/mol. The van der Waals surface area contributed by atoms with Crippen molar-refractivity contribution in [3.63, 3.8) is 0 Å². The van der Waals surface area contributed by atoms with E-state index >= 15 is 0 Å². The summed E-state index contributed by atoms with van der Waals surface area (Å²) in [4.78, 5) is 25.0. The third kappa shape index (κ3) is 1.76. The highest BCUT2D eigenvalue weighted by atomic mass is 16.6. The lowest BCUT2D eigenvalue weighted by molar-refractivity contribution is -0.154. The number of carboxylic acid groups (broad SMARTS) is 1. The summed E-state index contributed by atoms with van der Waals surface area (Å²) >= 11 is 0. The summed E-state index contributed by atoms with van der Waals surface area (Å²) in [5, 5.41) is 9.39. The molecule has 2 bridgehead atoms. The van der Waals surface area contributed by atoms with Crippen LogP contribution in [-0.2, 0) is 9.53 Å². The van der Waals surface area contributed by atoms with Crippen LogP contribution < -0.4 is 0 Å². The Morgan fingerprint density at radius 2 is 1.89 bits per heavy atom. The number of carboxylic acids is 1. The number of rotatable bonds is 2. The van der Waals surface area contributed by atoms with Crippen LogP contribution in [0.1, 0.15) is 47.0 Å². The summed E-state index contributed by atoms with van der Waals surface area (Å²) in [5.41, 5.74) is -1.61. The number of carbonyl (C=O) groups is 2. The molecule has 2 heterocycles. The second kappa shape index (κ2) is 3.62. The fourth-order valence-corrected chi connectivity index (χ4v) is 3.16. The molecule has 5 nitrogen and oxygen atoms in total. The number of hydrogen-bond donors (Lipinski definition) is 1. The predicted molar refractivity (Wildman–Crippen MR) is 65.3 cm³/mol. The maximum Gasteiger partial charge on any atom is 0.411 e. The van der Waals surface area contributed by atoms with Gasteiger partial charge in [-0.3, -0.25) is 4.90 Å². The van der Waals surface area contributed by atoms with Crippen LogP contribution in [0.4, 0.5) is 4.79 Å². The van der Waals surface area contributed by atoms with Gasteiger partial charge < -0.3 is 9.84 Å². The van der Waals surface area contributed by atoms with Crippen LogP contribution >= 0.6 is 0 Å². The van der Waals surface area contributed by atoms with Crippen LogP contribution in [0.5, 0.6) is 0 Å². The fourth-order valence-electron chi connectivity index (χ4n) is 3.16. The van der Waals surface area contributed by atoms with E-state index in [1.54, 1.807) is 20.8 Å². The van der Waals surface area contributed by atoms with Crippen molar-refractivity contribution in [3.8, 4) is 0 Å². The average molecular weight is 255 g/mol. The molecule has 0 spiro atoms. The van der Waals surface area contributed by atoms with E-state index in [0.29, 0.717) is 19.4 Å². The van der Waals surface area contributed by atoms with Crippen molar-refractivity contribution in [2.45, 2.75) is 58.1 Å². The van der Waals surface area contributed by atoms with Gasteiger partial charge in [-0.2, -0.15) is 0 Å². The number of aliphatic carboxylic acids is 1. The highest BCUT2D eigenvalue weighted by molar-refractivity contribution is 5.87. The first-order valence-electron chi connectivity index (χ1n) is 6.38. The summed E-state index contributed by atoms with van der Waals surface area (Å²) in [5.74, 6) is -0.907. The highest BCUT2D eigenvalue weighted by Crippen LogP contribution is 2.61. The van der Waals surface area contributed by atoms with E-state index in [0.717, 1.165) is 6.42 Å². The molecule has 1 amide bonds. The third-order valence-corrected chi connectivity index (χ3v) is 4.11. The Morgan fingerprint density at radius 1 is 1.33 bits per heavy atom. The van der Waals surface area contributed by atoms with E-state index in [9.17, 15) is 14.7 Å². The zero-order valence-electron chi connectivity index (χ0n) is 11.4. The zero-order chi connectivity index (χ0) is 13.8. The number of nitrogens with zero attached hydrogens (tertiary/aromatic N) is 1. The van der Waals surface area contributed by atoms with Gasteiger partial charge in [0.1, 0.15) is 11.1 Å². The topological polar surface area (TPSA) is 66.8 Å². The molecule has 0 radical (unpaired) electrons. The Labute approximate surface area is 107 Å². The van der Waals surface area contributed by atoms with Crippen LogP contribution in [0, 0.1) is 5.41 Å². The molecule has 0 aromatic carbocycles. The van der Waals surface area contributed by atoms with Crippen LogP contribution in [-0.4, -0.2) is 39.8 Å². The summed E-state index contributed by atoms with van der Waals surface area (Å²) < 4.78 is 5.31. The molecule has 3 rings (SSSR count). The van der Waals surface area contributed by atoms with Crippen molar-refractivity contribution in [3.05, 3.63) is 0 Å². The van der Waals surface area contributed by atoms with Crippen LogP contribution in [0.15, 0.2) is 0 Å². The standard InChI is InChI=1S/C13H21NO4/c1-5-12-6-13(7-12,9(15)16)14(8-12)10(17)18-11(2,3)4/h5-8H2,1-4H3,(H,15,16). The van der Waals surface area contributed by atoms with Crippen molar-refractivity contribution in [2.24, 2.45) is 5.41 Å². The lowest BCUT2D eigenvalue weighted by Crippen LogP contribution is -2.57. The Balaban J connectivity index is 2.18. The van der Waals surface area contributed by atoms with Gasteiger partial charge in [0.15, 0.2) is 0 Å². The minimum absolute atomic E-state index is 0.00467. The Morgan fingerprint density at radius 3 is 2.28 bits per heavy atom. The number of amides is 1. The molecule has 18 heavy (non-hydrogen) atoms. The van der Waals surface area contributed by atoms with Crippen molar-refractivity contribution < 1.29 is 19.4 Å². The maximum absolute atomic E-state index is 12.1.